The van der Waals surface area contributed by atoms with Crippen LogP contribution in [0.5, 0.6) is 5.75 Å². The Hall–Kier alpha value is -1.81. The number of hydrogen-bond donors (Lipinski definition) is 1. The molecule has 0 saturated heterocycles. The van der Waals surface area contributed by atoms with E-state index in [1.54, 1.807) is 0 Å². The molecule has 0 fully saturated rings. The number of para-hydroxylation sites is 1. The Morgan fingerprint density at radius 3 is 3.05 bits per heavy atom. The summed E-state index contributed by atoms with van der Waals surface area (Å²) in [6.45, 7) is 3.76. The van der Waals surface area contributed by atoms with Crippen molar-refractivity contribution in [2.75, 3.05) is 13.7 Å². The molecule has 0 bridgehead atoms. The van der Waals surface area contributed by atoms with Gasteiger partial charge in [0.1, 0.15) is 5.75 Å². The third-order valence-electron chi connectivity index (χ3n) is 4.03. The molecule has 1 aliphatic heterocycles. The smallest absolute Gasteiger partial charge is 0.122 e. The van der Waals surface area contributed by atoms with E-state index in [2.05, 4.69) is 41.7 Å². The zero-order valence-corrected chi connectivity index (χ0v) is 12.0. The minimum atomic E-state index is 0.281. The predicted molar refractivity (Wildman–Crippen MR) is 78.8 cm³/mol. The monoisotopic (exact) mass is 271 g/mol. The van der Waals surface area contributed by atoms with Crippen LogP contribution in [0.4, 0.5) is 0 Å². The summed E-state index contributed by atoms with van der Waals surface area (Å²) in [6.07, 6.45) is 5.13. The van der Waals surface area contributed by atoms with E-state index in [4.69, 9.17) is 4.74 Å². The molecule has 4 heteroatoms. The largest absolute Gasteiger partial charge is 0.493 e. The lowest BCUT2D eigenvalue weighted by Gasteiger charge is -2.31. The molecule has 2 aromatic rings. The molecule has 1 aliphatic rings. The second kappa shape index (κ2) is 5.67. The van der Waals surface area contributed by atoms with Crippen LogP contribution in [-0.4, -0.2) is 23.4 Å². The Morgan fingerprint density at radius 2 is 2.30 bits per heavy atom. The normalized spacial score (nSPS) is 19.2. The molecule has 0 spiro atoms. The summed E-state index contributed by atoms with van der Waals surface area (Å²) >= 11 is 0. The Morgan fingerprint density at radius 1 is 1.45 bits per heavy atom. The van der Waals surface area contributed by atoms with Gasteiger partial charge < -0.3 is 10.1 Å². The van der Waals surface area contributed by atoms with Gasteiger partial charge in [0.25, 0.3) is 0 Å². The second-order valence-corrected chi connectivity index (χ2v) is 5.28. The zero-order chi connectivity index (χ0) is 13.9. The Labute approximate surface area is 119 Å². The number of rotatable bonds is 4. The van der Waals surface area contributed by atoms with Gasteiger partial charge >= 0.3 is 0 Å². The number of nitrogens with zero attached hydrogens (tertiary/aromatic N) is 2. The van der Waals surface area contributed by atoms with Crippen molar-refractivity contribution in [3.63, 3.8) is 0 Å². The maximum Gasteiger partial charge on any atom is 0.122 e. The van der Waals surface area contributed by atoms with E-state index in [9.17, 15) is 0 Å². The molecule has 4 nitrogen and oxygen atoms in total. The summed E-state index contributed by atoms with van der Waals surface area (Å²) in [5.41, 5.74) is 2.54. The SMILES string of the molecule is CCn1cc(C(NC)C2COc3ccccc3C2)cn1. The molecule has 0 amide bonds. The first-order valence-corrected chi connectivity index (χ1v) is 7.22. The van der Waals surface area contributed by atoms with Crippen LogP contribution in [0.1, 0.15) is 24.1 Å². The van der Waals surface area contributed by atoms with Crippen molar-refractivity contribution in [3.05, 3.63) is 47.8 Å². The van der Waals surface area contributed by atoms with Crippen molar-refractivity contribution in [1.82, 2.24) is 15.1 Å². The lowest BCUT2D eigenvalue weighted by atomic mass is 9.88. The molecule has 1 aromatic carbocycles. The van der Waals surface area contributed by atoms with Crippen molar-refractivity contribution in [2.45, 2.75) is 25.9 Å². The minimum absolute atomic E-state index is 0.281. The molecule has 106 valence electrons. The maximum atomic E-state index is 5.91. The summed E-state index contributed by atoms with van der Waals surface area (Å²) in [6, 6.07) is 8.59. The number of aromatic nitrogens is 2. The number of nitrogens with one attached hydrogen (secondary N) is 1. The van der Waals surface area contributed by atoms with Crippen LogP contribution in [0.2, 0.25) is 0 Å². The van der Waals surface area contributed by atoms with E-state index >= 15 is 0 Å². The molecule has 3 rings (SSSR count). The Kier molecular flexibility index (Phi) is 3.74. The number of hydrogen-bond acceptors (Lipinski definition) is 3. The summed E-state index contributed by atoms with van der Waals surface area (Å²) in [4.78, 5) is 0. The third kappa shape index (κ3) is 2.43. The highest BCUT2D eigenvalue weighted by Crippen LogP contribution is 2.33. The van der Waals surface area contributed by atoms with E-state index in [-0.39, 0.29) is 6.04 Å². The lowest BCUT2D eigenvalue weighted by Crippen LogP contribution is -2.33. The standard InChI is InChI=1S/C16H21N3O/c1-3-19-10-14(9-18-19)16(17-2)13-8-12-6-4-5-7-15(12)20-11-13/h4-7,9-10,13,16-17H,3,8,11H2,1-2H3. The Balaban J connectivity index is 1.81. The average molecular weight is 271 g/mol. The van der Waals surface area contributed by atoms with Crippen LogP contribution in [-0.2, 0) is 13.0 Å². The second-order valence-electron chi connectivity index (χ2n) is 5.28. The predicted octanol–water partition coefficient (Wildman–Crippen LogP) is 2.41. The van der Waals surface area contributed by atoms with Crippen molar-refractivity contribution in [2.24, 2.45) is 5.92 Å². The van der Waals surface area contributed by atoms with E-state index in [0.717, 1.165) is 25.3 Å². The quantitative estimate of drug-likeness (QED) is 0.928. The van der Waals surface area contributed by atoms with Gasteiger partial charge in [-0.25, -0.2) is 0 Å². The lowest BCUT2D eigenvalue weighted by molar-refractivity contribution is 0.188. The molecule has 20 heavy (non-hydrogen) atoms. The first kappa shape index (κ1) is 13.2. The first-order valence-electron chi connectivity index (χ1n) is 7.22. The maximum absolute atomic E-state index is 5.91. The van der Waals surface area contributed by atoms with Crippen LogP contribution in [0.15, 0.2) is 36.7 Å². The molecular weight excluding hydrogens is 250 g/mol. The fraction of sp³-hybridized carbons (Fsp3) is 0.438. The van der Waals surface area contributed by atoms with Gasteiger partial charge in [-0.1, -0.05) is 18.2 Å². The molecule has 0 saturated carbocycles. The summed E-state index contributed by atoms with van der Waals surface area (Å²) in [5, 5.41) is 7.80. The van der Waals surface area contributed by atoms with Crippen LogP contribution >= 0.6 is 0 Å². The highest BCUT2D eigenvalue weighted by atomic mass is 16.5. The number of aryl methyl sites for hydroxylation is 1. The fourth-order valence-corrected chi connectivity index (χ4v) is 2.95. The summed E-state index contributed by atoms with van der Waals surface area (Å²) < 4.78 is 7.88. The molecular formula is C16H21N3O. The van der Waals surface area contributed by atoms with Crippen molar-refractivity contribution in [3.8, 4) is 5.75 Å². The van der Waals surface area contributed by atoms with Crippen LogP contribution in [0.3, 0.4) is 0 Å². The molecule has 1 N–H and O–H groups in total. The summed E-state index contributed by atoms with van der Waals surface area (Å²) in [5.74, 6) is 1.47. The highest BCUT2D eigenvalue weighted by Gasteiger charge is 2.28. The molecule has 1 aromatic heterocycles. The van der Waals surface area contributed by atoms with Gasteiger partial charge in [0.2, 0.25) is 0 Å². The van der Waals surface area contributed by atoms with Gasteiger partial charge in [-0.2, -0.15) is 5.10 Å². The van der Waals surface area contributed by atoms with Crippen LogP contribution < -0.4 is 10.1 Å². The van der Waals surface area contributed by atoms with E-state index in [1.165, 1.54) is 11.1 Å². The number of benzene rings is 1. The number of fused-ring (bicyclic) bond motifs is 1. The minimum Gasteiger partial charge on any atom is -0.493 e. The first-order chi connectivity index (χ1) is 9.81. The average Bonchev–Trinajstić information content (AvgIpc) is 2.97. The van der Waals surface area contributed by atoms with Gasteiger partial charge in [0, 0.05) is 30.3 Å². The fourth-order valence-electron chi connectivity index (χ4n) is 2.95. The van der Waals surface area contributed by atoms with Crippen molar-refractivity contribution >= 4 is 0 Å². The molecule has 2 heterocycles. The molecule has 2 atom stereocenters. The summed E-state index contributed by atoms with van der Waals surface area (Å²) in [7, 11) is 2.01. The van der Waals surface area contributed by atoms with Gasteiger partial charge in [0.05, 0.1) is 12.8 Å². The topological polar surface area (TPSA) is 39.1 Å². The molecule has 0 radical (unpaired) electrons. The van der Waals surface area contributed by atoms with Gasteiger partial charge in [-0.15, -0.1) is 0 Å². The van der Waals surface area contributed by atoms with Crippen molar-refractivity contribution < 1.29 is 4.74 Å². The molecule has 0 aliphatic carbocycles. The van der Waals surface area contributed by atoms with Gasteiger partial charge in [-0.05, 0) is 32.0 Å². The third-order valence-corrected chi connectivity index (χ3v) is 4.03. The molecule has 2 unspecified atom stereocenters. The van der Waals surface area contributed by atoms with Gasteiger partial charge in [-0.3, -0.25) is 4.68 Å². The van der Waals surface area contributed by atoms with E-state index in [1.807, 2.05) is 24.0 Å². The van der Waals surface area contributed by atoms with E-state index in [0.29, 0.717) is 5.92 Å². The van der Waals surface area contributed by atoms with E-state index < -0.39 is 0 Å². The van der Waals surface area contributed by atoms with Crippen LogP contribution in [0, 0.1) is 5.92 Å². The van der Waals surface area contributed by atoms with Crippen LogP contribution in [0.25, 0.3) is 0 Å². The Bertz CT molecular complexity index is 579. The van der Waals surface area contributed by atoms with Gasteiger partial charge in [0.15, 0.2) is 0 Å². The zero-order valence-electron chi connectivity index (χ0n) is 12.0. The number of ether oxygens (including phenoxy) is 1. The van der Waals surface area contributed by atoms with Crippen molar-refractivity contribution in [1.29, 1.82) is 0 Å². The highest BCUT2D eigenvalue weighted by molar-refractivity contribution is 5.35.